The zero-order chi connectivity index (χ0) is 14.7. The maximum atomic E-state index is 12.1. The summed E-state index contributed by atoms with van der Waals surface area (Å²) in [4.78, 5) is 23.4. The highest BCUT2D eigenvalue weighted by molar-refractivity contribution is 6.08. The Kier molecular flexibility index (Phi) is 4.12. The molecule has 1 aliphatic rings. The lowest BCUT2D eigenvalue weighted by Gasteiger charge is -2.15. The van der Waals surface area contributed by atoms with Crippen molar-refractivity contribution in [1.29, 1.82) is 0 Å². The molecule has 0 aromatic heterocycles. The molecule has 2 rings (SSSR count). The van der Waals surface area contributed by atoms with Crippen LogP contribution < -0.4 is 14.2 Å². The molecule has 0 unspecified atom stereocenters. The number of carbonyl (C=O) groups is 2. The second-order valence-electron chi connectivity index (χ2n) is 4.52. The van der Waals surface area contributed by atoms with Gasteiger partial charge in [0.25, 0.3) is 0 Å². The second-order valence-corrected chi connectivity index (χ2v) is 4.52. The van der Waals surface area contributed by atoms with Crippen LogP contribution in [0.5, 0.6) is 17.2 Å². The highest BCUT2D eigenvalue weighted by atomic mass is 16.7. The normalized spacial score (nSPS) is 12.4. The van der Waals surface area contributed by atoms with Crippen LogP contribution in [0.15, 0.2) is 12.1 Å². The molecule has 6 heteroatoms. The van der Waals surface area contributed by atoms with Crippen LogP contribution in [0.25, 0.3) is 0 Å². The smallest absolute Gasteiger partial charge is 0.313 e. The van der Waals surface area contributed by atoms with Gasteiger partial charge in [-0.05, 0) is 26.0 Å². The minimum Gasteiger partial charge on any atom is -0.486 e. The largest absolute Gasteiger partial charge is 0.486 e. The molecule has 0 saturated carbocycles. The third kappa shape index (κ3) is 2.84. The predicted molar refractivity (Wildman–Crippen MR) is 69.3 cm³/mol. The van der Waals surface area contributed by atoms with Crippen LogP contribution in [-0.4, -0.2) is 31.8 Å². The molecule has 0 fully saturated rings. The fourth-order valence-electron chi connectivity index (χ4n) is 1.82. The van der Waals surface area contributed by atoms with E-state index in [0.717, 1.165) is 0 Å². The number of hydrogen-bond donors (Lipinski definition) is 0. The molecule has 0 atom stereocenters. The number of rotatable bonds is 5. The molecule has 6 nitrogen and oxygen atoms in total. The van der Waals surface area contributed by atoms with Gasteiger partial charge in [-0.3, -0.25) is 9.59 Å². The van der Waals surface area contributed by atoms with E-state index in [9.17, 15) is 9.59 Å². The van der Waals surface area contributed by atoms with Gasteiger partial charge in [-0.2, -0.15) is 0 Å². The number of hydrogen-bond acceptors (Lipinski definition) is 6. The van der Waals surface area contributed by atoms with Crippen molar-refractivity contribution < 1.29 is 28.5 Å². The zero-order valence-corrected chi connectivity index (χ0v) is 11.6. The quantitative estimate of drug-likeness (QED) is 0.466. The van der Waals surface area contributed by atoms with E-state index in [2.05, 4.69) is 4.74 Å². The van der Waals surface area contributed by atoms with Gasteiger partial charge >= 0.3 is 5.97 Å². The first kappa shape index (κ1) is 14.2. The highest BCUT2D eigenvalue weighted by Crippen LogP contribution is 2.44. The monoisotopic (exact) mass is 280 g/mol. The molecule has 0 amide bonds. The zero-order valence-electron chi connectivity index (χ0n) is 11.6. The van der Waals surface area contributed by atoms with Gasteiger partial charge in [-0.15, -0.1) is 0 Å². The van der Waals surface area contributed by atoms with Crippen LogP contribution in [-0.2, 0) is 9.53 Å². The van der Waals surface area contributed by atoms with Crippen molar-refractivity contribution in [2.45, 2.75) is 26.4 Å². The van der Waals surface area contributed by atoms with E-state index >= 15 is 0 Å². The highest BCUT2D eigenvalue weighted by Gasteiger charge is 2.27. The van der Waals surface area contributed by atoms with Crippen molar-refractivity contribution in [2.24, 2.45) is 0 Å². The number of esters is 1. The van der Waals surface area contributed by atoms with Crippen molar-refractivity contribution >= 4 is 11.8 Å². The van der Waals surface area contributed by atoms with Crippen LogP contribution in [0, 0.1) is 0 Å². The topological polar surface area (TPSA) is 71.1 Å². The molecular weight excluding hydrogens is 264 g/mol. The fraction of sp³-hybridized carbons (Fsp3) is 0.429. The molecule has 0 saturated heterocycles. The summed E-state index contributed by atoms with van der Waals surface area (Å²) in [5.74, 6) is 0.252. The lowest BCUT2D eigenvalue weighted by atomic mass is 10.1. The van der Waals surface area contributed by atoms with Crippen LogP contribution >= 0.6 is 0 Å². The number of fused-ring (bicyclic) bond motifs is 1. The van der Waals surface area contributed by atoms with Crippen LogP contribution in [0.2, 0.25) is 0 Å². The molecule has 20 heavy (non-hydrogen) atoms. The van der Waals surface area contributed by atoms with Gasteiger partial charge < -0.3 is 18.9 Å². The van der Waals surface area contributed by atoms with Gasteiger partial charge in [-0.1, -0.05) is 0 Å². The molecule has 1 heterocycles. The number of carbonyl (C=O) groups excluding carboxylic acids is 2. The van der Waals surface area contributed by atoms with Gasteiger partial charge in [-0.25, -0.2) is 0 Å². The Bertz CT molecular complexity index is 535. The Morgan fingerprint density at radius 2 is 2.05 bits per heavy atom. The maximum Gasteiger partial charge on any atom is 0.313 e. The first-order valence-electron chi connectivity index (χ1n) is 6.22. The average Bonchev–Trinajstić information content (AvgIpc) is 2.86. The molecule has 0 bridgehead atoms. The van der Waals surface area contributed by atoms with Crippen LogP contribution in [0.3, 0.4) is 0 Å². The molecular formula is C14H16O6. The number of ketones is 1. The van der Waals surface area contributed by atoms with Crippen molar-refractivity contribution in [2.75, 3.05) is 13.9 Å². The Hall–Kier alpha value is -2.24. The predicted octanol–water partition coefficient (Wildman–Crippen LogP) is 1.95. The molecule has 1 aromatic rings. The van der Waals surface area contributed by atoms with Crippen LogP contribution in [0.4, 0.5) is 0 Å². The summed E-state index contributed by atoms with van der Waals surface area (Å²) in [7, 11) is 1.24. The Morgan fingerprint density at radius 3 is 2.70 bits per heavy atom. The Morgan fingerprint density at radius 1 is 1.30 bits per heavy atom. The van der Waals surface area contributed by atoms with E-state index in [1.165, 1.54) is 7.11 Å². The summed E-state index contributed by atoms with van der Waals surface area (Å²) >= 11 is 0. The third-order valence-electron chi connectivity index (χ3n) is 2.68. The average molecular weight is 280 g/mol. The van der Waals surface area contributed by atoms with Gasteiger partial charge in [0.05, 0.1) is 18.8 Å². The summed E-state index contributed by atoms with van der Waals surface area (Å²) in [6.45, 7) is 3.76. The number of ether oxygens (including phenoxy) is 4. The minimum absolute atomic E-state index is 0.0818. The molecule has 1 aromatic carbocycles. The summed E-state index contributed by atoms with van der Waals surface area (Å²) in [6.07, 6.45) is -0.486. The first-order valence-corrected chi connectivity index (χ1v) is 6.22. The van der Waals surface area contributed by atoms with Crippen molar-refractivity contribution in [3.05, 3.63) is 17.7 Å². The number of methoxy groups -OCH3 is 1. The molecule has 0 spiro atoms. The van der Waals surface area contributed by atoms with E-state index < -0.39 is 5.97 Å². The third-order valence-corrected chi connectivity index (χ3v) is 2.68. The van der Waals surface area contributed by atoms with E-state index in [0.29, 0.717) is 17.2 Å². The van der Waals surface area contributed by atoms with Gasteiger partial charge in [0.15, 0.2) is 17.3 Å². The summed E-state index contributed by atoms with van der Waals surface area (Å²) in [5, 5.41) is 0. The SMILES string of the molecule is COC(=O)CC(=O)c1ccc2c(c1OC(C)C)OCO2. The summed E-state index contributed by atoms with van der Waals surface area (Å²) in [5.41, 5.74) is 0.286. The lowest BCUT2D eigenvalue weighted by molar-refractivity contribution is -0.139. The van der Waals surface area contributed by atoms with E-state index in [-0.39, 0.29) is 30.7 Å². The van der Waals surface area contributed by atoms with E-state index in [1.54, 1.807) is 12.1 Å². The Labute approximate surface area is 116 Å². The van der Waals surface area contributed by atoms with Gasteiger partial charge in [0.1, 0.15) is 6.42 Å². The van der Waals surface area contributed by atoms with Gasteiger partial charge in [0.2, 0.25) is 12.5 Å². The second kappa shape index (κ2) is 5.81. The number of Topliss-reactive ketones (excluding diaryl/α,β-unsaturated/α-hetero) is 1. The van der Waals surface area contributed by atoms with Crippen molar-refractivity contribution in [1.82, 2.24) is 0 Å². The molecule has 0 aliphatic carbocycles. The molecule has 0 radical (unpaired) electrons. The van der Waals surface area contributed by atoms with Crippen LogP contribution in [0.1, 0.15) is 30.6 Å². The molecule has 108 valence electrons. The molecule has 0 N–H and O–H groups in total. The van der Waals surface area contributed by atoms with Crippen molar-refractivity contribution in [3.63, 3.8) is 0 Å². The number of benzene rings is 1. The van der Waals surface area contributed by atoms with E-state index in [4.69, 9.17) is 14.2 Å². The van der Waals surface area contributed by atoms with Gasteiger partial charge in [0, 0.05) is 0 Å². The lowest BCUT2D eigenvalue weighted by Crippen LogP contribution is -2.14. The first-order chi connectivity index (χ1) is 9.52. The van der Waals surface area contributed by atoms with Crippen molar-refractivity contribution in [3.8, 4) is 17.2 Å². The fourth-order valence-corrected chi connectivity index (χ4v) is 1.82. The Balaban J connectivity index is 2.37. The summed E-state index contributed by atoms with van der Waals surface area (Å²) < 4.78 is 20.7. The standard InChI is InChI=1S/C14H16O6/c1-8(2)20-13-9(10(15)6-12(16)17-3)4-5-11-14(13)19-7-18-11/h4-5,8H,6-7H2,1-3H3. The van der Waals surface area contributed by atoms with E-state index in [1.807, 2.05) is 13.8 Å². The maximum absolute atomic E-state index is 12.1. The minimum atomic E-state index is -0.594. The molecule has 1 aliphatic heterocycles. The summed E-state index contributed by atoms with van der Waals surface area (Å²) in [6, 6.07) is 3.19.